The molecule has 6 aromatic rings. The van der Waals surface area contributed by atoms with Gasteiger partial charge in [-0.25, -0.2) is 0 Å². The SMILES string of the molecule is CC(C)c1cc2c(-c3ccc([Si](C)(C)C)cc3)cccc2[cH-]1.C[Si](C)=[Zr+2].Cc1cc2c(-c3ccc([Si](C)(C)C)cc3)cccc2[cH-]1.[Cl-].[Cl-]. The Morgan fingerprint density at radius 1 is 0.583 bits per heavy atom. The second-order valence-electron chi connectivity index (χ2n) is 15.2. The maximum Gasteiger partial charge on any atom is 0.0775 e. The van der Waals surface area contributed by atoms with Crippen molar-refractivity contribution in [1.29, 1.82) is 0 Å². The molecule has 0 nitrogen and oxygen atoms in total. The first-order valence-corrected chi connectivity index (χ1v) is 29.8. The summed E-state index contributed by atoms with van der Waals surface area (Å²) in [6.45, 7) is 25.7. The van der Waals surface area contributed by atoms with Crippen LogP contribution in [0.15, 0.2) is 109 Å². The standard InChI is InChI=1S/C21H25Si.C19H21Si.C2H6Si.2ClH.Zr/c1-15(2)18-13-17-7-6-8-20(21(17)14-18)16-9-11-19(12-10-16)22(3,4)5;1-14-12-16-6-5-7-18(19(16)13-14)15-8-10-17(11-9-15)20(2,3)4;1-3-2;;;/h6-15H,1-5H3;5-13H,1-4H3;1-2H3;2*1H;/q2*-1;;;;+2/p-2. The van der Waals surface area contributed by atoms with Crippen molar-refractivity contribution in [1.82, 2.24) is 0 Å². The Balaban J connectivity index is 0.000000290. The van der Waals surface area contributed by atoms with Crippen LogP contribution < -0.4 is 35.2 Å². The summed E-state index contributed by atoms with van der Waals surface area (Å²) < 4.78 is 0. The van der Waals surface area contributed by atoms with E-state index < -0.39 is 16.1 Å². The smallest absolute Gasteiger partial charge is 0.0775 e. The molecule has 6 heteroatoms. The first-order chi connectivity index (χ1) is 21.5. The summed E-state index contributed by atoms with van der Waals surface area (Å²) in [5.41, 5.74) is 8.33. The molecule has 0 spiro atoms. The van der Waals surface area contributed by atoms with Crippen LogP contribution in [0.3, 0.4) is 0 Å². The molecule has 0 fully saturated rings. The molecule has 0 aliphatic rings. The van der Waals surface area contributed by atoms with E-state index in [1.54, 1.807) is 23.3 Å². The minimum atomic E-state index is -1.22. The number of hydrogen-bond donors (Lipinski definition) is 0. The molecule has 0 heterocycles. The molecule has 0 aliphatic carbocycles. The third-order valence-corrected chi connectivity index (χ3v) is 12.6. The third-order valence-electron chi connectivity index (χ3n) is 8.46. The third kappa shape index (κ3) is 11.1. The summed E-state index contributed by atoms with van der Waals surface area (Å²) in [6.07, 6.45) is 0. The van der Waals surface area contributed by atoms with Gasteiger partial charge in [-0.15, -0.1) is 69.1 Å². The first kappa shape index (κ1) is 42.4. The van der Waals surface area contributed by atoms with E-state index in [4.69, 9.17) is 0 Å². The molecule has 0 aromatic heterocycles. The molecule has 0 aliphatic heterocycles. The molecule has 48 heavy (non-hydrogen) atoms. The van der Waals surface area contributed by atoms with Crippen LogP contribution in [0.25, 0.3) is 43.8 Å². The first-order valence-electron chi connectivity index (χ1n) is 16.6. The number of hydrogen-bond acceptors (Lipinski definition) is 0. The van der Waals surface area contributed by atoms with Crippen LogP contribution in [0, 0.1) is 6.92 Å². The monoisotopic (exact) mass is 800 g/mol. The van der Waals surface area contributed by atoms with Crippen molar-refractivity contribution >= 4 is 53.5 Å². The average molecular weight is 803 g/mol. The van der Waals surface area contributed by atoms with Gasteiger partial charge in [0, 0.05) is 0 Å². The summed E-state index contributed by atoms with van der Waals surface area (Å²) >= 11 is 1.74. The molecule has 0 N–H and O–H groups in total. The van der Waals surface area contributed by atoms with Crippen LogP contribution in [0.2, 0.25) is 52.4 Å². The van der Waals surface area contributed by atoms with Crippen LogP contribution in [0.4, 0.5) is 0 Å². The van der Waals surface area contributed by atoms with Gasteiger partial charge < -0.3 is 24.8 Å². The van der Waals surface area contributed by atoms with Crippen LogP contribution in [0.5, 0.6) is 0 Å². The van der Waals surface area contributed by atoms with Crippen LogP contribution >= 0.6 is 0 Å². The molecule has 0 saturated heterocycles. The van der Waals surface area contributed by atoms with E-state index in [2.05, 4.69) is 182 Å². The predicted octanol–water partition coefficient (Wildman–Crippen LogP) is 5.77. The Morgan fingerprint density at radius 2 is 0.958 bits per heavy atom. The maximum absolute atomic E-state index is 2.40. The number of halogens is 2. The molecule has 0 unspecified atom stereocenters. The number of aryl methyl sites for hydroxylation is 1. The molecule has 0 amide bonds. The second kappa shape index (κ2) is 17.9. The summed E-state index contributed by atoms with van der Waals surface area (Å²) in [7, 11) is -2.43. The minimum absolute atomic E-state index is 0. The topological polar surface area (TPSA) is 0 Å². The van der Waals surface area contributed by atoms with E-state index in [1.807, 2.05) is 0 Å². The normalized spacial score (nSPS) is 11.2. The molecule has 0 atom stereocenters. The molecule has 0 radical (unpaired) electrons. The van der Waals surface area contributed by atoms with Gasteiger partial charge in [-0.05, 0) is 17.0 Å². The molecule has 6 rings (SSSR count). The molecule has 0 saturated carbocycles. The largest absolute Gasteiger partial charge is 1.00 e. The van der Waals surface area contributed by atoms with Gasteiger partial charge in [0.05, 0.1) is 16.1 Å². The molecule has 252 valence electrons. The number of benzene rings is 4. The van der Waals surface area contributed by atoms with Crippen molar-refractivity contribution < 1.29 is 48.1 Å². The Morgan fingerprint density at radius 3 is 1.33 bits per heavy atom. The zero-order chi connectivity index (χ0) is 33.8. The summed E-state index contributed by atoms with van der Waals surface area (Å²) in [5.74, 6) is 0.578. The Hall–Kier alpha value is -1.79. The number of rotatable bonds is 5. The van der Waals surface area contributed by atoms with Gasteiger partial charge in [0.2, 0.25) is 0 Å². The predicted molar refractivity (Wildman–Crippen MR) is 212 cm³/mol. The van der Waals surface area contributed by atoms with Gasteiger partial charge in [-0.1, -0.05) is 142 Å². The van der Waals surface area contributed by atoms with Gasteiger partial charge in [-0.3, -0.25) is 0 Å². The van der Waals surface area contributed by atoms with Crippen molar-refractivity contribution in [2.75, 3.05) is 0 Å². The van der Waals surface area contributed by atoms with Gasteiger partial charge in [0.1, 0.15) is 0 Å². The quantitative estimate of drug-likeness (QED) is 0.154. The summed E-state index contributed by atoms with van der Waals surface area (Å²) in [5, 5.41) is 8.49. The second-order valence-corrected chi connectivity index (χ2v) is 34.8. The zero-order valence-corrected chi connectivity index (χ0v) is 37.7. The van der Waals surface area contributed by atoms with Gasteiger partial charge in [0.15, 0.2) is 0 Å². The summed E-state index contributed by atoms with van der Waals surface area (Å²) in [4.78, 5) is 0. The van der Waals surface area contributed by atoms with E-state index >= 15 is 0 Å². The molecular formula is C42H52Cl2Si3Zr-2. The van der Waals surface area contributed by atoms with Crippen LogP contribution in [-0.2, 0) is 23.3 Å². The van der Waals surface area contributed by atoms with E-state index in [9.17, 15) is 0 Å². The Labute approximate surface area is 320 Å². The fourth-order valence-electron chi connectivity index (χ4n) is 5.78. The van der Waals surface area contributed by atoms with Crippen molar-refractivity contribution in [3.05, 3.63) is 120 Å². The van der Waals surface area contributed by atoms with E-state index in [-0.39, 0.29) is 30.2 Å². The molecular weight excluding hydrogens is 751 g/mol. The zero-order valence-electron chi connectivity index (χ0n) is 30.7. The van der Waals surface area contributed by atoms with E-state index in [1.165, 1.54) is 65.3 Å². The fraction of sp³-hybridized carbons (Fsp3) is 0.286. The van der Waals surface area contributed by atoms with Crippen LogP contribution in [-0.4, -0.2) is 21.6 Å². The fourth-order valence-corrected chi connectivity index (χ4v) is 8.11. The van der Waals surface area contributed by atoms with Crippen molar-refractivity contribution in [2.24, 2.45) is 0 Å². The van der Waals surface area contributed by atoms with Crippen LogP contribution in [0.1, 0.15) is 30.9 Å². The van der Waals surface area contributed by atoms with Crippen molar-refractivity contribution in [2.45, 2.75) is 79.1 Å². The summed E-state index contributed by atoms with van der Waals surface area (Å²) in [6, 6.07) is 40.9. The average Bonchev–Trinajstić information content (AvgIpc) is 3.59. The minimum Gasteiger partial charge on any atom is -1.00 e. The van der Waals surface area contributed by atoms with Gasteiger partial charge in [-0.2, -0.15) is 12.1 Å². The van der Waals surface area contributed by atoms with Crippen molar-refractivity contribution in [3.8, 4) is 22.3 Å². The molecule has 0 bridgehead atoms. The van der Waals surface area contributed by atoms with Gasteiger partial charge >= 0.3 is 41.9 Å². The maximum atomic E-state index is 2.40. The molecule has 6 aromatic carbocycles. The number of fused-ring (bicyclic) bond motifs is 2. The Kier molecular flexibility index (Phi) is 15.8. The Bertz CT molecular complexity index is 1910. The van der Waals surface area contributed by atoms with E-state index in [0.717, 1.165) is 0 Å². The van der Waals surface area contributed by atoms with Crippen molar-refractivity contribution in [3.63, 3.8) is 0 Å². The van der Waals surface area contributed by atoms with Gasteiger partial charge in [0.25, 0.3) is 0 Å². The van der Waals surface area contributed by atoms with E-state index in [0.29, 0.717) is 5.92 Å².